The lowest BCUT2D eigenvalue weighted by Gasteiger charge is -2.36. The lowest BCUT2D eigenvalue weighted by Crippen LogP contribution is -2.47. The van der Waals surface area contributed by atoms with Crippen LogP contribution < -0.4 is 10.5 Å². The van der Waals surface area contributed by atoms with Crippen molar-refractivity contribution in [1.82, 2.24) is 4.31 Å². The molecule has 2 N–H and O–H groups in total. The summed E-state index contributed by atoms with van der Waals surface area (Å²) in [4.78, 5) is 0.157. The van der Waals surface area contributed by atoms with E-state index in [2.05, 4.69) is 0 Å². The Balaban J connectivity index is 2.39. The summed E-state index contributed by atoms with van der Waals surface area (Å²) in [5, 5.41) is 0.276. The summed E-state index contributed by atoms with van der Waals surface area (Å²) in [6, 6.07) is 4.64. The van der Waals surface area contributed by atoms with Gasteiger partial charge in [-0.3, -0.25) is 0 Å². The van der Waals surface area contributed by atoms with Crippen LogP contribution in [0.4, 0.5) is 5.69 Å². The van der Waals surface area contributed by atoms with E-state index < -0.39 is 10.0 Å². The molecule has 7 heteroatoms. The van der Waals surface area contributed by atoms with Crippen molar-refractivity contribution < 1.29 is 13.2 Å². The largest absolute Gasteiger partial charge is 0.497 e. The summed E-state index contributed by atoms with van der Waals surface area (Å²) in [5.74, 6) is 1.36. The van der Waals surface area contributed by atoms with E-state index in [1.807, 2.05) is 13.8 Å². The van der Waals surface area contributed by atoms with Crippen LogP contribution in [0.2, 0.25) is 0 Å². The van der Waals surface area contributed by atoms with Crippen molar-refractivity contribution >= 4 is 27.5 Å². The topological polar surface area (TPSA) is 72.6 Å². The van der Waals surface area contributed by atoms with Gasteiger partial charge in [0.2, 0.25) is 10.0 Å². The smallest absolute Gasteiger partial charge is 0.245 e. The molecule has 0 spiro atoms. The van der Waals surface area contributed by atoms with Gasteiger partial charge in [0, 0.05) is 29.7 Å². The first-order valence-electron chi connectivity index (χ1n) is 6.45. The summed E-state index contributed by atoms with van der Waals surface area (Å²) in [5.41, 5.74) is 6.10. The fraction of sp³-hybridized carbons (Fsp3) is 0.538. The SMILES string of the molecule is COc1ccc(S(=O)(=O)N2CCSC(C)C2C)c(N)c1. The Kier molecular flexibility index (Phi) is 4.51. The van der Waals surface area contributed by atoms with E-state index in [-0.39, 0.29) is 21.9 Å². The molecule has 1 fully saturated rings. The third-order valence-electron chi connectivity index (χ3n) is 3.63. The van der Waals surface area contributed by atoms with Gasteiger partial charge in [0.15, 0.2) is 0 Å². The maximum atomic E-state index is 12.8. The van der Waals surface area contributed by atoms with Crippen LogP contribution in [0.5, 0.6) is 5.75 Å². The molecular formula is C13H20N2O3S2. The third-order valence-corrected chi connectivity index (χ3v) is 7.03. The van der Waals surface area contributed by atoms with Gasteiger partial charge >= 0.3 is 0 Å². The van der Waals surface area contributed by atoms with Crippen molar-refractivity contribution in [2.75, 3.05) is 25.1 Å². The molecule has 2 unspecified atom stereocenters. The second kappa shape index (κ2) is 5.83. The Morgan fingerprint density at radius 2 is 2.10 bits per heavy atom. The van der Waals surface area contributed by atoms with E-state index in [9.17, 15) is 8.42 Å². The summed E-state index contributed by atoms with van der Waals surface area (Å²) in [7, 11) is -2.04. The number of nitrogens with zero attached hydrogens (tertiary/aromatic N) is 1. The van der Waals surface area contributed by atoms with E-state index in [4.69, 9.17) is 10.5 Å². The molecule has 2 rings (SSSR count). The molecule has 0 saturated carbocycles. The van der Waals surface area contributed by atoms with Crippen LogP contribution >= 0.6 is 11.8 Å². The number of rotatable bonds is 3. The first-order chi connectivity index (χ1) is 9.37. The highest BCUT2D eigenvalue weighted by Crippen LogP contribution is 2.32. The minimum Gasteiger partial charge on any atom is -0.497 e. The number of hydrogen-bond acceptors (Lipinski definition) is 5. The van der Waals surface area contributed by atoms with Crippen LogP contribution in [-0.2, 0) is 10.0 Å². The lowest BCUT2D eigenvalue weighted by atomic mass is 10.2. The molecule has 1 aromatic rings. The van der Waals surface area contributed by atoms with Gasteiger partial charge in [0.1, 0.15) is 10.6 Å². The minimum atomic E-state index is -3.56. The average Bonchev–Trinajstić information content (AvgIpc) is 2.41. The third kappa shape index (κ3) is 2.75. The van der Waals surface area contributed by atoms with Crippen LogP contribution in [0.15, 0.2) is 23.1 Å². The van der Waals surface area contributed by atoms with Crippen molar-refractivity contribution in [2.24, 2.45) is 0 Å². The Bertz CT molecular complexity index is 589. The first-order valence-corrected chi connectivity index (χ1v) is 8.93. The molecule has 0 bridgehead atoms. The van der Waals surface area contributed by atoms with Gasteiger partial charge in [-0.15, -0.1) is 0 Å². The van der Waals surface area contributed by atoms with E-state index in [0.29, 0.717) is 12.3 Å². The van der Waals surface area contributed by atoms with Crippen LogP contribution in [-0.4, -0.2) is 43.4 Å². The van der Waals surface area contributed by atoms with E-state index in [1.54, 1.807) is 28.2 Å². The predicted molar refractivity (Wildman–Crippen MR) is 82.7 cm³/mol. The number of thioether (sulfide) groups is 1. The number of benzene rings is 1. The Hall–Kier alpha value is -0.920. The zero-order valence-electron chi connectivity index (χ0n) is 11.9. The van der Waals surface area contributed by atoms with Crippen LogP contribution in [0.1, 0.15) is 13.8 Å². The van der Waals surface area contributed by atoms with Gasteiger partial charge in [-0.2, -0.15) is 16.1 Å². The van der Waals surface area contributed by atoms with Crippen molar-refractivity contribution in [3.05, 3.63) is 18.2 Å². The van der Waals surface area contributed by atoms with Gasteiger partial charge in [-0.05, 0) is 19.1 Å². The van der Waals surface area contributed by atoms with Crippen molar-refractivity contribution in [3.8, 4) is 5.75 Å². The number of nitrogens with two attached hydrogens (primary N) is 1. The molecule has 0 aromatic heterocycles. The number of methoxy groups -OCH3 is 1. The standard InChI is InChI=1S/C13H20N2O3S2/c1-9-10(2)19-7-6-15(9)20(16,17)13-5-4-11(18-3)8-12(13)14/h4-5,8-10H,6-7,14H2,1-3H3. The van der Waals surface area contributed by atoms with Crippen molar-refractivity contribution in [1.29, 1.82) is 0 Å². The zero-order chi connectivity index (χ0) is 14.9. The Labute approximate surface area is 124 Å². The lowest BCUT2D eigenvalue weighted by molar-refractivity contribution is 0.340. The summed E-state index contributed by atoms with van der Waals surface area (Å²) in [6.07, 6.45) is 0. The number of ether oxygens (including phenoxy) is 1. The van der Waals surface area contributed by atoms with E-state index in [1.165, 1.54) is 13.2 Å². The molecule has 112 valence electrons. The zero-order valence-corrected chi connectivity index (χ0v) is 13.5. The molecule has 20 heavy (non-hydrogen) atoms. The quantitative estimate of drug-likeness (QED) is 0.861. The number of sulfonamides is 1. The summed E-state index contributed by atoms with van der Waals surface area (Å²) < 4.78 is 32.1. The van der Waals surface area contributed by atoms with Gasteiger partial charge < -0.3 is 10.5 Å². The van der Waals surface area contributed by atoms with E-state index in [0.717, 1.165) is 5.75 Å². The predicted octanol–water partition coefficient (Wildman–Crippen LogP) is 1.79. The van der Waals surface area contributed by atoms with Gasteiger partial charge in [0.25, 0.3) is 0 Å². The summed E-state index contributed by atoms with van der Waals surface area (Å²) in [6.45, 7) is 4.51. The molecule has 1 aliphatic rings. The minimum absolute atomic E-state index is 0.0414. The molecule has 5 nitrogen and oxygen atoms in total. The molecule has 0 aliphatic carbocycles. The van der Waals surface area contributed by atoms with Gasteiger partial charge in [0.05, 0.1) is 12.8 Å². The number of hydrogen-bond donors (Lipinski definition) is 1. The van der Waals surface area contributed by atoms with Crippen LogP contribution in [0.25, 0.3) is 0 Å². The molecule has 1 aliphatic heterocycles. The second-order valence-corrected chi connectivity index (χ2v) is 8.18. The molecule has 1 heterocycles. The fourth-order valence-corrected chi connectivity index (χ4v) is 5.35. The average molecular weight is 316 g/mol. The summed E-state index contributed by atoms with van der Waals surface area (Å²) >= 11 is 1.79. The number of nitrogen functional groups attached to an aromatic ring is 1. The van der Waals surface area contributed by atoms with Crippen LogP contribution in [0, 0.1) is 0 Å². The molecule has 0 amide bonds. The van der Waals surface area contributed by atoms with Crippen LogP contribution in [0.3, 0.4) is 0 Å². The van der Waals surface area contributed by atoms with Crippen molar-refractivity contribution in [3.63, 3.8) is 0 Å². The highest BCUT2D eigenvalue weighted by atomic mass is 32.2. The molecule has 1 aromatic carbocycles. The highest BCUT2D eigenvalue weighted by Gasteiger charge is 2.35. The molecule has 2 atom stereocenters. The number of anilines is 1. The van der Waals surface area contributed by atoms with Crippen molar-refractivity contribution in [2.45, 2.75) is 30.0 Å². The Morgan fingerprint density at radius 1 is 1.40 bits per heavy atom. The molecule has 0 radical (unpaired) electrons. The Morgan fingerprint density at radius 3 is 2.70 bits per heavy atom. The highest BCUT2D eigenvalue weighted by molar-refractivity contribution is 8.00. The normalized spacial score (nSPS) is 24.6. The molecular weight excluding hydrogens is 296 g/mol. The maximum absolute atomic E-state index is 12.8. The van der Waals surface area contributed by atoms with Gasteiger partial charge in [-0.1, -0.05) is 6.92 Å². The monoisotopic (exact) mass is 316 g/mol. The fourth-order valence-electron chi connectivity index (χ4n) is 2.26. The second-order valence-electron chi connectivity index (χ2n) is 4.84. The van der Waals surface area contributed by atoms with Gasteiger partial charge in [-0.25, -0.2) is 8.42 Å². The first kappa shape index (κ1) is 15.5. The molecule has 1 saturated heterocycles. The maximum Gasteiger partial charge on any atom is 0.245 e. The van der Waals surface area contributed by atoms with E-state index >= 15 is 0 Å².